The Balaban J connectivity index is 2.07. The molecule has 2 rings (SSSR count). The molecular formula is C16H17FN2O. The van der Waals surface area contributed by atoms with Crippen molar-refractivity contribution in [3.63, 3.8) is 0 Å². The number of halogens is 1. The van der Waals surface area contributed by atoms with E-state index in [2.05, 4.69) is 5.32 Å². The SMILES string of the molecule is CC(NCc1ccccc1C(N)=O)c1cccc(F)c1. The third-order valence-corrected chi connectivity index (χ3v) is 3.23. The van der Waals surface area contributed by atoms with Gasteiger partial charge in [0.25, 0.3) is 0 Å². The monoisotopic (exact) mass is 272 g/mol. The summed E-state index contributed by atoms with van der Waals surface area (Å²) in [5.41, 5.74) is 7.54. The van der Waals surface area contributed by atoms with E-state index in [1.165, 1.54) is 12.1 Å². The molecule has 0 aliphatic heterocycles. The highest BCUT2D eigenvalue weighted by Crippen LogP contribution is 2.15. The van der Waals surface area contributed by atoms with Gasteiger partial charge < -0.3 is 11.1 Å². The molecular weight excluding hydrogens is 255 g/mol. The fourth-order valence-corrected chi connectivity index (χ4v) is 2.07. The lowest BCUT2D eigenvalue weighted by atomic mass is 10.1. The second-order valence-corrected chi connectivity index (χ2v) is 4.68. The van der Waals surface area contributed by atoms with Gasteiger partial charge in [-0.25, -0.2) is 4.39 Å². The van der Waals surface area contributed by atoms with E-state index in [1.807, 2.05) is 25.1 Å². The van der Waals surface area contributed by atoms with Crippen LogP contribution < -0.4 is 11.1 Å². The number of carbonyl (C=O) groups excluding carboxylic acids is 1. The molecule has 4 heteroatoms. The molecule has 0 aromatic heterocycles. The van der Waals surface area contributed by atoms with E-state index < -0.39 is 5.91 Å². The summed E-state index contributed by atoms with van der Waals surface area (Å²) in [6, 6.07) is 13.6. The summed E-state index contributed by atoms with van der Waals surface area (Å²) in [7, 11) is 0. The van der Waals surface area contributed by atoms with Crippen LogP contribution in [0, 0.1) is 5.82 Å². The normalized spacial score (nSPS) is 12.1. The van der Waals surface area contributed by atoms with Gasteiger partial charge in [0.05, 0.1) is 0 Å². The van der Waals surface area contributed by atoms with Gasteiger partial charge in [0, 0.05) is 18.2 Å². The number of nitrogens with one attached hydrogen (secondary N) is 1. The molecule has 2 aromatic carbocycles. The molecule has 0 aliphatic rings. The molecule has 3 N–H and O–H groups in total. The summed E-state index contributed by atoms with van der Waals surface area (Å²) in [5.74, 6) is -0.700. The molecule has 0 saturated heterocycles. The Morgan fingerprint density at radius 1 is 1.25 bits per heavy atom. The van der Waals surface area contributed by atoms with E-state index in [1.54, 1.807) is 18.2 Å². The number of hydrogen-bond acceptors (Lipinski definition) is 2. The highest BCUT2D eigenvalue weighted by molar-refractivity contribution is 5.94. The number of nitrogens with two attached hydrogens (primary N) is 1. The molecule has 0 radical (unpaired) electrons. The van der Waals surface area contributed by atoms with E-state index in [9.17, 15) is 9.18 Å². The molecule has 0 spiro atoms. The molecule has 0 fully saturated rings. The van der Waals surface area contributed by atoms with Gasteiger partial charge in [0.1, 0.15) is 5.82 Å². The first-order valence-corrected chi connectivity index (χ1v) is 6.44. The standard InChI is InChI=1S/C16H17FN2O/c1-11(12-6-4-7-14(17)9-12)19-10-13-5-2-3-8-15(13)16(18)20/h2-9,11,19H,10H2,1H3,(H2,18,20). The summed E-state index contributed by atoms with van der Waals surface area (Å²) in [6.45, 7) is 2.44. The number of primary amides is 1. The summed E-state index contributed by atoms with van der Waals surface area (Å²) >= 11 is 0. The lowest BCUT2D eigenvalue weighted by molar-refractivity contribution is 0.0999. The van der Waals surface area contributed by atoms with Crippen molar-refractivity contribution in [1.82, 2.24) is 5.32 Å². The van der Waals surface area contributed by atoms with E-state index in [-0.39, 0.29) is 11.9 Å². The van der Waals surface area contributed by atoms with Gasteiger partial charge in [-0.1, -0.05) is 30.3 Å². The van der Waals surface area contributed by atoms with Crippen LogP contribution in [0.25, 0.3) is 0 Å². The third kappa shape index (κ3) is 3.42. The van der Waals surface area contributed by atoms with Crippen LogP contribution in [0.5, 0.6) is 0 Å². The highest BCUT2D eigenvalue weighted by atomic mass is 19.1. The third-order valence-electron chi connectivity index (χ3n) is 3.23. The molecule has 1 atom stereocenters. The van der Waals surface area contributed by atoms with Crippen molar-refractivity contribution in [1.29, 1.82) is 0 Å². The first kappa shape index (κ1) is 14.2. The summed E-state index contributed by atoms with van der Waals surface area (Å²) in [5, 5.41) is 3.26. The number of benzene rings is 2. The Hall–Kier alpha value is -2.20. The first-order chi connectivity index (χ1) is 9.58. The zero-order valence-electron chi connectivity index (χ0n) is 11.3. The maximum Gasteiger partial charge on any atom is 0.249 e. The van der Waals surface area contributed by atoms with Crippen molar-refractivity contribution in [2.45, 2.75) is 19.5 Å². The zero-order chi connectivity index (χ0) is 14.5. The van der Waals surface area contributed by atoms with Gasteiger partial charge in [-0.3, -0.25) is 4.79 Å². The van der Waals surface area contributed by atoms with Crippen molar-refractivity contribution < 1.29 is 9.18 Å². The van der Waals surface area contributed by atoms with Crippen LogP contribution in [0.15, 0.2) is 48.5 Å². The molecule has 1 unspecified atom stereocenters. The number of carbonyl (C=O) groups is 1. The molecule has 2 aromatic rings. The fourth-order valence-electron chi connectivity index (χ4n) is 2.07. The molecule has 0 heterocycles. The molecule has 0 saturated carbocycles. The molecule has 1 amide bonds. The van der Waals surface area contributed by atoms with Crippen molar-refractivity contribution in [3.05, 3.63) is 71.0 Å². The number of amides is 1. The van der Waals surface area contributed by atoms with Gasteiger partial charge in [0.2, 0.25) is 5.91 Å². The second-order valence-electron chi connectivity index (χ2n) is 4.68. The highest BCUT2D eigenvalue weighted by Gasteiger charge is 2.09. The predicted molar refractivity (Wildman–Crippen MR) is 76.6 cm³/mol. The largest absolute Gasteiger partial charge is 0.366 e. The maximum absolute atomic E-state index is 13.2. The Labute approximate surface area is 117 Å². The van der Waals surface area contributed by atoms with Gasteiger partial charge in [-0.2, -0.15) is 0 Å². The Kier molecular flexibility index (Phi) is 4.48. The van der Waals surface area contributed by atoms with Crippen LogP contribution in [-0.4, -0.2) is 5.91 Å². The Morgan fingerprint density at radius 3 is 2.70 bits per heavy atom. The molecule has 0 bridgehead atoms. The molecule has 20 heavy (non-hydrogen) atoms. The van der Waals surface area contributed by atoms with E-state index in [4.69, 9.17) is 5.73 Å². The van der Waals surface area contributed by atoms with Crippen LogP contribution in [-0.2, 0) is 6.54 Å². The predicted octanol–water partition coefficient (Wildman–Crippen LogP) is 2.78. The van der Waals surface area contributed by atoms with Crippen molar-refractivity contribution >= 4 is 5.91 Å². The van der Waals surface area contributed by atoms with Crippen LogP contribution in [0.4, 0.5) is 4.39 Å². The molecule has 104 valence electrons. The van der Waals surface area contributed by atoms with Gasteiger partial charge >= 0.3 is 0 Å². The minimum absolute atomic E-state index is 0.0216. The average Bonchev–Trinajstić information content (AvgIpc) is 2.45. The van der Waals surface area contributed by atoms with Crippen molar-refractivity contribution in [2.24, 2.45) is 5.73 Å². The van der Waals surface area contributed by atoms with Crippen LogP contribution in [0.1, 0.15) is 34.5 Å². The van der Waals surface area contributed by atoms with Crippen LogP contribution >= 0.6 is 0 Å². The maximum atomic E-state index is 13.2. The van der Waals surface area contributed by atoms with Gasteiger partial charge in [0.15, 0.2) is 0 Å². The topological polar surface area (TPSA) is 55.1 Å². The van der Waals surface area contributed by atoms with Gasteiger partial charge in [-0.05, 0) is 36.2 Å². The van der Waals surface area contributed by atoms with E-state index >= 15 is 0 Å². The lowest BCUT2D eigenvalue weighted by Crippen LogP contribution is -2.21. The first-order valence-electron chi connectivity index (χ1n) is 6.44. The second kappa shape index (κ2) is 6.30. The Morgan fingerprint density at radius 2 is 2.00 bits per heavy atom. The molecule has 0 aliphatic carbocycles. The van der Waals surface area contributed by atoms with Crippen LogP contribution in [0.3, 0.4) is 0 Å². The minimum atomic E-state index is -0.444. The number of hydrogen-bond donors (Lipinski definition) is 2. The van der Waals surface area contributed by atoms with E-state index in [0.29, 0.717) is 12.1 Å². The average molecular weight is 272 g/mol. The van der Waals surface area contributed by atoms with E-state index in [0.717, 1.165) is 11.1 Å². The minimum Gasteiger partial charge on any atom is -0.366 e. The smallest absolute Gasteiger partial charge is 0.249 e. The molecule has 3 nitrogen and oxygen atoms in total. The fraction of sp³-hybridized carbons (Fsp3) is 0.188. The van der Waals surface area contributed by atoms with Gasteiger partial charge in [-0.15, -0.1) is 0 Å². The summed E-state index contributed by atoms with van der Waals surface area (Å²) in [4.78, 5) is 11.3. The number of rotatable bonds is 5. The van der Waals surface area contributed by atoms with Crippen molar-refractivity contribution in [2.75, 3.05) is 0 Å². The lowest BCUT2D eigenvalue weighted by Gasteiger charge is -2.15. The van der Waals surface area contributed by atoms with Crippen molar-refractivity contribution in [3.8, 4) is 0 Å². The summed E-state index contributed by atoms with van der Waals surface area (Å²) in [6.07, 6.45) is 0. The quantitative estimate of drug-likeness (QED) is 0.879. The Bertz CT molecular complexity index is 613. The zero-order valence-corrected chi connectivity index (χ0v) is 11.3. The summed E-state index contributed by atoms with van der Waals surface area (Å²) < 4.78 is 13.2. The van der Waals surface area contributed by atoms with Crippen LogP contribution in [0.2, 0.25) is 0 Å².